The Balaban J connectivity index is 1.50. The molecule has 0 bridgehead atoms. The molecule has 2 amide bonds. The van der Waals surface area contributed by atoms with Crippen LogP contribution in [0.15, 0.2) is 96.2 Å². The highest BCUT2D eigenvalue weighted by Crippen LogP contribution is 2.58. The van der Waals surface area contributed by atoms with Crippen LogP contribution in [0.4, 0.5) is 4.79 Å². The zero-order valence-electron chi connectivity index (χ0n) is 19.5. The molecule has 35 heavy (non-hydrogen) atoms. The zero-order chi connectivity index (χ0) is 24.6. The molecule has 4 aromatic rings. The maximum absolute atomic E-state index is 13.1. The Morgan fingerprint density at radius 2 is 1.74 bits per heavy atom. The van der Waals surface area contributed by atoms with Crippen LogP contribution in [0.3, 0.4) is 0 Å². The van der Waals surface area contributed by atoms with Gasteiger partial charge >= 0.3 is 6.03 Å². The molecule has 1 aliphatic carbocycles. The quantitative estimate of drug-likeness (QED) is 0.418. The lowest BCUT2D eigenvalue weighted by Gasteiger charge is -2.22. The number of aryl methyl sites for hydroxylation is 2. The highest BCUT2D eigenvalue weighted by Gasteiger charge is 2.60. The molecule has 178 valence electrons. The average Bonchev–Trinajstić information content (AvgIpc) is 3.32. The summed E-state index contributed by atoms with van der Waals surface area (Å²) >= 11 is 0. The Morgan fingerprint density at radius 1 is 1.00 bits per heavy atom. The first-order valence-corrected chi connectivity index (χ1v) is 12.8. The predicted molar refractivity (Wildman–Crippen MR) is 134 cm³/mol. The summed E-state index contributed by atoms with van der Waals surface area (Å²) in [7, 11) is -4.04. The third-order valence-corrected chi connectivity index (χ3v) is 7.92. The van der Waals surface area contributed by atoms with Crippen molar-refractivity contribution in [1.29, 1.82) is 0 Å². The molecular formula is C27H26N4O3S. The van der Waals surface area contributed by atoms with Crippen LogP contribution in [0.25, 0.3) is 5.69 Å². The first kappa shape index (κ1) is 22.9. The van der Waals surface area contributed by atoms with Crippen LogP contribution in [-0.2, 0) is 15.6 Å². The van der Waals surface area contributed by atoms with E-state index in [2.05, 4.69) is 15.0 Å². The second kappa shape index (κ2) is 8.70. The molecule has 1 fully saturated rings. The van der Waals surface area contributed by atoms with E-state index in [0.29, 0.717) is 17.8 Å². The third kappa shape index (κ3) is 4.33. The summed E-state index contributed by atoms with van der Waals surface area (Å²) in [6.07, 6.45) is 4.15. The van der Waals surface area contributed by atoms with Gasteiger partial charge in [0.2, 0.25) is 0 Å². The monoisotopic (exact) mass is 486 g/mol. The summed E-state index contributed by atoms with van der Waals surface area (Å²) in [5.41, 5.74) is 2.77. The van der Waals surface area contributed by atoms with E-state index in [-0.39, 0.29) is 10.8 Å². The van der Waals surface area contributed by atoms with Crippen molar-refractivity contribution >= 4 is 16.1 Å². The van der Waals surface area contributed by atoms with Crippen LogP contribution >= 0.6 is 0 Å². The second-order valence-electron chi connectivity index (χ2n) is 8.92. The maximum Gasteiger partial charge on any atom is 0.329 e. The van der Waals surface area contributed by atoms with Gasteiger partial charge in [-0.05, 0) is 55.2 Å². The molecule has 1 aromatic heterocycles. The van der Waals surface area contributed by atoms with Gasteiger partial charge < -0.3 is 9.88 Å². The van der Waals surface area contributed by atoms with E-state index < -0.39 is 21.6 Å². The number of carbonyl (C=O) groups is 1. The van der Waals surface area contributed by atoms with Gasteiger partial charge in [-0.3, -0.25) is 0 Å². The summed E-state index contributed by atoms with van der Waals surface area (Å²) in [5, 5.41) is 2.98. The molecule has 0 aliphatic heterocycles. The lowest BCUT2D eigenvalue weighted by molar-refractivity contribution is 0.239. The van der Waals surface area contributed by atoms with Crippen LogP contribution in [0, 0.1) is 13.8 Å². The number of aromatic nitrogens is 2. The molecule has 2 unspecified atom stereocenters. The van der Waals surface area contributed by atoms with Crippen molar-refractivity contribution in [3.05, 3.63) is 114 Å². The van der Waals surface area contributed by atoms with Crippen LogP contribution in [-0.4, -0.2) is 24.0 Å². The van der Waals surface area contributed by atoms with Crippen molar-refractivity contribution < 1.29 is 13.2 Å². The van der Waals surface area contributed by atoms with Gasteiger partial charge in [-0.15, -0.1) is 0 Å². The summed E-state index contributed by atoms with van der Waals surface area (Å²) in [6.45, 7) is 3.71. The molecule has 0 spiro atoms. The van der Waals surface area contributed by atoms with Gasteiger partial charge in [0.05, 0.1) is 4.90 Å². The van der Waals surface area contributed by atoms with Gasteiger partial charge in [0.25, 0.3) is 10.0 Å². The number of carbonyl (C=O) groups excluding carboxylic acids is 1. The van der Waals surface area contributed by atoms with E-state index >= 15 is 0 Å². The summed E-state index contributed by atoms with van der Waals surface area (Å²) in [5.74, 6) is 0.599. The molecule has 7 nitrogen and oxygen atoms in total. The fraction of sp³-hybridized carbons (Fsp3) is 0.185. The fourth-order valence-corrected chi connectivity index (χ4v) is 5.83. The highest BCUT2D eigenvalue weighted by molar-refractivity contribution is 7.90. The molecule has 2 N–H and O–H groups in total. The van der Waals surface area contributed by atoms with E-state index in [1.165, 1.54) is 6.07 Å². The SMILES string of the molecule is Cc1cccc(-n2ccnc2C2(NC(=O)NS(=O)(=O)c3ccccc3C)CC2c2ccccc2)c1. The van der Waals surface area contributed by atoms with Gasteiger partial charge in [-0.1, -0.05) is 60.7 Å². The first-order valence-electron chi connectivity index (χ1n) is 11.4. The van der Waals surface area contributed by atoms with Gasteiger partial charge in [0.15, 0.2) is 0 Å². The first-order chi connectivity index (χ1) is 16.8. The topological polar surface area (TPSA) is 93.1 Å². The van der Waals surface area contributed by atoms with Gasteiger partial charge in [0.1, 0.15) is 11.4 Å². The average molecular weight is 487 g/mol. The number of amides is 2. The Kier molecular flexibility index (Phi) is 5.68. The zero-order valence-corrected chi connectivity index (χ0v) is 20.3. The number of benzene rings is 3. The van der Waals surface area contributed by atoms with E-state index in [1.807, 2.05) is 72.3 Å². The van der Waals surface area contributed by atoms with Crippen LogP contribution in [0.2, 0.25) is 0 Å². The minimum atomic E-state index is -4.04. The number of imidazole rings is 1. The lowest BCUT2D eigenvalue weighted by Crippen LogP contribution is -2.46. The van der Waals surface area contributed by atoms with E-state index in [1.54, 1.807) is 31.3 Å². The molecule has 1 heterocycles. The number of nitrogens with zero attached hydrogens (tertiary/aromatic N) is 2. The largest absolute Gasteiger partial charge is 0.329 e. The Morgan fingerprint density at radius 3 is 2.49 bits per heavy atom. The maximum atomic E-state index is 13.1. The minimum absolute atomic E-state index is 0.0541. The van der Waals surface area contributed by atoms with Crippen molar-refractivity contribution in [2.75, 3.05) is 0 Å². The Labute approximate surface area is 204 Å². The fourth-order valence-electron chi connectivity index (χ4n) is 4.67. The van der Waals surface area contributed by atoms with Gasteiger partial charge in [0, 0.05) is 24.0 Å². The second-order valence-corrected chi connectivity index (χ2v) is 10.6. The minimum Gasteiger partial charge on any atom is -0.324 e. The van der Waals surface area contributed by atoms with Gasteiger partial charge in [-0.2, -0.15) is 0 Å². The highest BCUT2D eigenvalue weighted by atomic mass is 32.2. The predicted octanol–water partition coefficient (Wildman–Crippen LogP) is 4.56. The molecule has 1 saturated carbocycles. The van der Waals surface area contributed by atoms with Gasteiger partial charge in [-0.25, -0.2) is 22.9 Å². The molecule has 0 saturated heterocycles. The summed E-state index contributed by atoms with van der Waals surface area (Å²) in [4.78, 5) is 17.8. The standard InChI is InChI=1S/C27H26N4O3S/c1-19-9-8-13-22(17-19)31-16-15-28-25(31)27(18-23(27)21-11-4-3-5-12-21)29-26(32)30-35(33,34)24-14-7-6-10-20(24)2/h3-17,23H,18H2,1-2H3,(H2,29,30,32). The van der Waals surface area contributed by atoms with Crippen LogP contribution in [0.5, 0.6) is 0 Å². The molecule has 0 radical (unpaired) electrons. The number of urea groups is 1. The summed E-state index contributed by atoms with van der Waals surface area (Å²) < 4.78 is 30.0. The number of hydrogen-bond acceptors (Lipinski definition) is 4. The van der Waals surface area contributed by atoms with E-state index in [0.717, 1.165) is 16.8 Å². The van der Waals surface area contributed by atoms with Crippen molar-refractivity contribution in [2.24, 2.45) is 0 Å². The molecule has 2 atom stereocenters. The van der Waals surface area contributed by atoms with Crippen molar-refractivity contribution in [3.63, 3.8) is 0 Å². The number of nitrogens with one attached hydrogen (secondary N) is 2. The normalized spacial score (nSPS) is 19.2. The third-order valence-electron chi connectivity index (χ3n) is 6.43. The van der Waals surface area contributed by atoms with Crippen LogP contribution in [0.1, 0.15) is 34.9 Å². The smallest absolute Gasteiger partial charge is 0.324 e. The van der Waals surface area contributed by atoms with E-state index in [4.69, 9.17) is 0 Å². The number of rotatable bonds is 6. The van der Waals surface area contributed by atoms with Crippen LogP contribution < -0.4 is 10.0 Å². The van der Waals surface area contributed by atoms with E-state index in [9.17, 15) is 13.2 Å². The Hall–Kier alpha value is -3.91. The number of hydrogen-bond donors (Lipinski definition) is 2. The number of sulfonamides is 1. The molecule has 1 aliphatic rings. The Bertz CT molecular complexity index is 1500. The van der Waals surface area contributed by atoms with Crippen molar-refractivity contribution in [3.8, 4) is 5.69 Å². The molecular weight excluding hydrogens is 460 g/mol. The molecule has 8 heteroatoms. The molecule has 5 rings (SSSR count). The van der Waals surface area contributed by atoms with Crippen molar-refractivity contribution in [2.45, 2.75) is 36.6 Å². The summed E-state index contributed by atoms with van der Waals surface area (Å²) in [6, 6.07) is 23.6. The molecule has 3 aromatic carbocycles. The lowest BCUT2D eigenvalue weighted by atomic mass is 10.1. The van der Waals surface area contributed by atoms with Crippen molar-refractivity contribution in [1.82, 2.24) is 19.6 Å².